The second-order valence-electron chi connectivity index (χ2n) is 7.16. The zero-order chi connectivity index (χ0) is 18.6. The maximum atomic E-state index is 12.7. The second-order valence-corrected chi connectivity index (χ2v) is 7.16. The normalized spacial score (nSPS) is 18.8. The number of ketones is 1. The molecule has 2 aromatic rings. The molecular formula is C23H24NO3+. The zero-order valence-corrected chi connectivity index (χ0v) is 15.3. The van der Waals surface area contributed by atoms with Crippen LogP contribution in [-0.4, -0.2) is 24.0 Å². The Hall–Kier alpha value is -2.85. The van der Waals surface area contributed by atoms with E-state index in [1.165, 1.54) is 24.2 Å². The lowest BCUT2D eigenvalue weighted by Crippen LogP contribution is -3.11. The number of likely N-dealkylation sites (tertiary alicyclic amines) is 1. The Labute approximate surface area is 159 Å². The first kappa shape index (κ1) is 17.6. The van der Waals surface area contributed by atoms with E-state index >= 15 is 0 Å². The van der Waals surface area contributed by atoms with Gasteiger partial charge in [0.15, 0.2) is 11.5 Å². The molecule has 0 radical (unpaired) electrons. The summed E-state index contributed by atoms with van der Waals surface area (Å²) in [6.07, 6.45) is 9.15. The van der Waals surface area contributed by atoms with E-state index in [9.17, 15) is 9.90 Å². The van der Waals surface area contributed by atoms with E-state index in [0.29, 0.717) is 23.6 Å². The monoisotopic (exact) mass is 362 g/mol. The number of Topliss-reactive ketones (excluding diaryl/α,β-unsaturated/α-hetero) is 1. The van der Waals surface area contributed by atoms with Crippen molar-refractivity contribution in [2.45, 2.75) is 25.8 Å². The van der Waals surface area contributed by atoms with Crippen LogP contribution in [0.15, 0.2) is 60.4 Å². The largest absolute Gasteiger partial charge is 0.507 e. The zero-order valence-electron chi connectivity index (χ0n) is 15.3. The number of carbonyl (C=O) groups is 1. The fourth-order valence-corrected chi connectivity index (χ4v) is 3.77. The quantitative estimate of drug-likeness (QED) is 0.822. The lowest BCUT2D eigenvalue weighted by atomic mass is 10.0. The molecule has 4 nitrogen and oxygen atoms in total. The van der Waals surface area contributed by atoms with Crippen LogP contribution in [0.5, 0.6) is 11.5 Å². The van der Waals surface area contributed by atoms with Crippen molar-refractivity contribution in [1.29, 1.82) is 0 Å². The summed E-state index contributed by atoms with van der Waals surface area (Å²) in [5, 5.41) is 10.4. The molecule has 0 spiro atoms. The Balaban J connectivity index is 1.56. The Kier molecular flexibility index (Phi) is 5.07. The summed E-state index contributed by atoms with van der Waals surface area (Å²) in [4.78, 5) is 14.1. The highest BCUT2D eigenvalue weighted by Crippen LogP contribution is 2.38. The number of fused-ring (bicyclic) bond motifs is 1. The molecule has 27 heavy (non-hydrogen) atoms. The van der Waals surface area contributed by atoms with Gasteiger partial charge in [0, 0.05) is 0 Å². The molecule has 4 rings (SSSR count). The van der Waals surface area contributed by atoms with E-state index in [-0.39, 0.29) is 11.5 Å². The van der Waals surface area contributed by atoms with Gasteiger partial charge in [-0.2, -0.15) is 0 Å². The molecule has 1 saturated heterocycles. The van der Waals surface area contributed by atoms with Crippen molar-refractivity contribution in [3.63, 3.8) is 0 Å². The van der Waals surface area contributed by atoms with Crippen LogP contribution in [0.3, 0.4) is 0 Å². The van der Waals surface area contributed by atoms with Crippen LogP contribution in [0.4, 0.5) is 0 Å². The number of ether oxygens (including phenoxy) is 1. The highest BCUT2D eigenvalue weighted by atomic mass is 16.5. The van der Waals surface area contributed by atoms with Crippen LogP contribution in [-0.2, 0) is 6.54 Å². The number of piperidine rings is 1. The molecule has 0 aromatic heterocycles. The number of phenolic OH excluding ortho intramolecular Hbond substituents is 1. The van der Waals surface area contributed by atoms with E-state index in [4.69, 9.17) is 4.74 Å². The van der Waals surface area contributed by atoms with E-state index < -0.39 is 0 Å². The lowest BCUT2D eigenvalue weighted by molar-refractivity contribution is -0.918. The summed E-state index contributed by atoms with van der Waals surface area (Å²) in [7, 11) is 0. The van der Waals surface area contributed by atoms with Crippen LogP contribution in [0.1, 0.15) is 40.7 Å². The van der Waals surface area contributed by atoms with Gasteiger partial charge < -0.3 is 14.7 Å². The van der Waals surface area contributed by atoms with Crippen molar-refractivity contribution >= 4 is 11.9 Å². The van der Waals surface area contributed by atoms with Gasteiger partial charge in [0.25, 0.3) is 0 Å². The first-order valence-electron chi connectivity index (χ1n) is 9.57. The molecule has 0 amide bonds. The topological polar surface area (TPSA) is 51.0 Å². The number of nitrogens with one attached hydrogen (secondary N) is 1. The molecule has 2 aliphatic heterocycles. The fourth-order valence-electron chi connectivity index (χ4n) is 3.77. The molecule has 1 fully saturated rings. The summed E-state index contributed by atoms with van der Waals surface area (Å²) in [6, 6.07) is 13.2. The van der Waals surface area contributed by atoms with Crippen LogP contribution < -0.4 is 9.64 Å². The summed E-state index contributed by atoms with van der Waals surface area (Å²) in [5.41, 5.74) is 2.34. The van der Waals surface area contributed by atoms with E-state index in [1.54, 1.807) is 18.2 Å². The summed E-state index contributed by atoms with van der Waals surface area (Å²) in [6.45, 7) is 2.88. The van der Waals surface area contributed by atoms with Gasteiger partial charge in [-0.1, -0.05) is 42.5 Å². The number of phenols is 1. The average molecular weight is 362 g/mol. The van der Waals surface area contributed by atoms with Crippen molar-refractivity contribution in [1.82, 2.24) is 0 Å². The maximum absolute atomic E-state index is 12.7. The Bertz CT molecular complexity index is 893. The molecule has 0 aliphatic carbocycles. The summed E-state index contributed by atoms with van der Waals surface area (Å²) in [5.74, 6) is 0.911. The van der Waals surface area contributed by atoms with Crippen molar-refractivity contribution in [2.75, 3.05) is 13.1 Å². The van der Waals surface area contributed by atoms with Crippen LogP contribution in [0.2, 0.25) is 0 Å². The number of quaternary nitrogens is 1. The minimum absolute atomic E-state index is 0.127. The van der Waals surface area contributed by atoms with Gasteiger partial charge in [0.05, 0.1) is 24.2 Å². The van der Waals surface area contributed by atoms with Crippen LogP contribution in [0.25, 0.3) is 6.08 Å². The van der Waals surface area contributed by atoms with Gasteiger partial charge in [-0.05, 0) is 43.0 Å². The number of rotatable bonds is 4. The maximum Gasteiger partial charge on any atom is 0.231 e. The standard InChI is InChI=1S/C23H23NO3/c25-20-13-12-18-22(26)21(11-7-10-17-8-3-1-4-9-17)27-23(18)19(20)16-24-14-5-2-6-15-24/h1,3-4,7-13,25H,2,5-6,14-16H2/p+1/b10-7+,21-11-. The van der Waals surface area contributed by atoms with E-state index in [2.05, 4.69) is 0 Å². The van der Waals surface area contributed by atoms with Gasteiger partial charge in [-0.3, -0.25) is 4.79 Å². The van der Waals surface area contributed by atoms with Crippen molar-refractivity contribution in [2.24, 2.45) is 0 Å². The fraction of sp³-hybridized carbons (Fsp3) is 0.261. The highest BCUT2D eigenvalue weighted by molar-refractivity contribution is 6.12. The van der Waals surface area contributed by atoms with Crippen molar-refractivity contribution < 1.29 is 19.5 Å². The Morgan fingerprint density at radius 3 is 2.59 bits per heavy atom. The molecule has 138 valence electrons. The van der Waals surface area contributed by atoms with Gasteiger partial charge in [0.1, 0.15) is 12.3 Å². The third-order valence-corrected chi connectivity index (χ3v) is 5.24. The number of hydrogen-bond acceptors (Lipinski definition) is 3. The molecule has 4 heteroatoms. The predicted molar refractivity (Wildman–Crippen MR) is 105 cm³/mol. The van der Waals surface area contributed by atoms with E-state index in [1.807, 2.05) is 42.5 Å². The number of allylic oxidation sites excluding steroid dienone is 3. The molecule has 0 unspecified atom stereocenters. The second kappa shape index (κ2) is 7.80. The van der Waals surface area contributed by atoms with Crippen molar-refractivity contribution in [3.8, 4) is 11.5 Å². The number of carbonyl (C=O) groups excluding carboxylic acids is 1. The number of benzene rings is 2. The summed E-state index contributed by atoms with van der Waals surface area (Å²) < 4.78 is 5.90. The minimum atomic E-state index is -0.127. The lowest BCUT2D eigenvalue weighted by Gasteiger charge is -2.24. The third-order valence-electron chi connectivity index (χ3n) is 5.24. The van der Waals surface area contributed by atoms with Gasteiger partial charge in [-0.15, -0.1) is 0 Å². The average Bonchev–Trinajstić information content (AvgIpc) is 3.02. The Morgan fingerprint density at radius 1 is 1.04 bits per heavy atom. The Morgan fingerprint density at radius 2 is 1.81 bits per heavy atom. The molecule has 2 N–H and O–H groups in total. The predicted octanol–water partition coefficient (Wildman–Crippen LogP) is 3.13. The van der Waals surface area contributed by atoms with Crippen molar-refractivity contribution in [3.05, 3.63) is 77.1 Å². The van der Waals surface area contributed by atoms with Crippen LogP contribution >= 0.6 is 0 Å². The smallest absolute Gasteiger partial charge is 0.231 e. The molecule has 2 aliphatic rings. The van der Waals surface area contributed by atoms with Gasteiger partial charge in [0.2, 0.25) is 5.78 Å². The first-order valence-corrected chi connectivity index (χ1v) is 9.57. The molecular weight excluding hydrogens is 338 g/mol. The minimum Gasteiger partial charge on any atom is -0.507 e. The molecule has 2 aromatic carbocycles. The molecule has 0 atom stereocenters. The highest BCUT2D eigenvalue weighted by Gasteiger charge is 2.32. The number of aromatic hydroxyl groups is 1. The van der Waals surface area contributed by atoms with Gasteiger partial charge >= 0.3 is 0 Å². The van der Waals surface area contributed by atoms with Crippen LogP contribution in [0, 0.1) is 0 Å². The summed E-state index contributed by atoms with van der Waals surface area (Å²) >= 11 is 0. The molecule has 0 bridgehead atoms. The first-order chi connectivity index (χ1) is 13.2. The van der Waals surface area contributed by atoms with E-state index in [0.717, 1.165) is 24.2 Å². The van der Waals surface area contributed by atoms with Gasteiger partial charge in [-0.25, -0.2) is 0 Å². The number of hydrogen-bond donors (Lipinski definition) is 2. The third kappa shape index (κ3) is 3.81. The molecule has 2 heterocycles. The SMILES string of the molecule is O=C1/C(=C/C=C/c2ccccc2)Oc2c1ccc(O)c2C[NH+]1CCCCC1. The molecule has 0 saturated carbocycles.